The molecule has 1 aliphatic rings. The number of nitrogen functional groups attached to an aromatic ring is 1. The van der Waals surface area contributed by atoms with Crippen molar-refractivity contribution in [2.24, 2.45) is 0 Å². The second-order valence-electron chi connectivity index (χ2n) is 4.13. The van der Waals surface area contributed by atoms with Crippen molar-refractivity contribution in [3.63, 3.8) is 0 Å². The van der Waals surface area contributed by atoms with Crippen molar-refractivity contribution < 1.29 is 4.74 Å². The van der Waals surface area contributed by atoms with Gasteiger partial charge >= 0.3 is 0 Å². The van der Waals surface area contributed by atoms with Gasteiger partial charge in [0.15, 0.2) is 0 Å². The number of nitrogens with two attached hydrogens (primary N) is 1. The largest absolute Gasteiger partial charge is 0.399 e. The molecule has 0 spiro atoms. The summed E-state index contributed by atoms with van der Waals surface area (Å²) in [7, 11) is 1.79. The highest BCUT2D eigenvalue weighted by Gasteiger charge is 2.21. The molecule has 15 heavy (non-hydrogen) atoms. The lowest BCUT2D eigenvalue weighted by Gasteiger charge is -2.15. The highest BCUT2D eigenvalue weighted by atomic mass is 16.5. The Bertz CT molecular complexity index is 327. The molecule has 0 radical (unpaired) electrons. The van der Waals surface area contributed by atoms with Crippen molar-refractivity contribution in [2.75, 3.05) is 25.9 Å². The van der Waals surface area contributed by atoms with Gasteiger partial charge in [-0.3, -0.25) is 4.90 Å². The fourth-order valence-corrected chi connectivity index (χ4v) is 2.08. The minimum Gasteiger partial charge on any atom is -0.399 e. The highest BCUT2D eigenvalue weighted by Crippen LogP contribution is 2.16. The van der Waals surface area contributed by atoms with Crippen LogP contribution in [0.1, 0.15) is 12.0 Å². The van der Waals surface area contributed by atoms with E-state index in [0.717, 1.165) is 31.7 Å². The lowest BCUT2D eigenvalue weighted by Crippen LogP contribution is -2.22. The number of ether oxygens (including phenoxy) is 1. The van der Waals surface area contributed by atoms with Gasteiger partial charge in [-0.25, -0.2) is 0 Å². The van der Waals surface area contributed by atoms with Crippen LogP contribution in [0.2, 0.25) is 0 Å². The molecule has 3 heteroatoms. The van der Waals surface area contributed by atoms with Crippen molar-refractivity contribution >= 4 is 5.69 Å². The number of methoxy groups -OCH3 is 1. The zero-order chi connectivity index (χ0) is 10.7. The van der Waals surface area contributed by atoms with Crippen LogP contribution in [-0.4, -0.2) is 31.2 Å². The van der Waals surface area contributed by atoms with Crippen molar-refractivity contribution in [1.82, 2.24) is 4.90 Å². The Hall–Kier alpha value is -1.06. The van der Waals surface area contributed by atoms with Crippen molar-refractivity contribution in [1.29, 1.82) is 0 Å². The Morgan fingerprint density at radius 2 is 2.40 bits per heavy atom. The third kappa shape index (κ3) is 2.70. The zero-order valence-corrected chi connectivity index (χ0v) is 9.15. The van der Waals surface area contributed by atoms with E-state index in [2.05, 4.69) is 11.0 Å². The number of anilines is 1. The van der Waals surface area contributed by atoms with Gasteiger partial charge in [0.05, 0.1) is 6.10 Å². The molecular weight excluding hydrogens is 188 g/mol. The summed E-state index contributed by atoms with van der Waals surface area (Å²) < 4.78 is 5.34. The summed E-state index contributed by atoms with van der Waals surface area (Å²) in [5, 5.41) is 0. The summed E-state index contributed by atoms with van der Waals surface area (Å²) >= 11 is 0. The maximum Gasteiger partial charge on any atom is 0.0710 e. The van der Waals surface area contributed by atoms with E-state index in [1.54, 1.807) is 7.11 Å². The zero-order valence-electron chi connectivity index (χ0n) is 9.15. The lowest BCUT2D eigenvalue weighted by atomic mass is 10.2. The van der Waals surface area contributed by atoms with E-state index in [1.165, 1.54) is 5.56 Å². The molecule has 0 aromatic heterocycles. The maximum atomic E-state index is 5.74. The minimum absolute atomic E-state index is 0.408. The third-order valence-electron chi connectivity index (χ3n) is 2.92. The predicted octanol–water partition coefficient (Wildman–Crippen LogP) is 1.49. The molecule has 1 aromatic carbocycles. The quantitative estimate of drug-likeness (QED) is 0.761. The van der Waals surface area contributed by atoms with E-state index < -0.39 is 0 Å². The summed E-state index contributed by atoms with van der Waals surface area (Å²) in [6.45, 7) is 3.13. The topological polar surface area (TPSA) is 38.5 Å². The Kier molecular flexibility index (Phi) is 3.23. The number of nitrogens with zero attached hydrogens (tertiary/aromatic N) is 1. The smallest absolute Gasteiger partial charge is 0.0710 e. The van der Waals surface area contributed by atoms with Gasteiger partial charge in [-0.05, 0) is 24.1 Å². The summed E-state index contributed by atoms with van der Waals surface area (Å²) in [6, 6.07) is 8.09. The fraction of sp³-hybridized carbons (Fsp3) is 0.500. The van der Waals surface area contributed by atoms with E-state index in [9.17, 15) is 0 Å². The fourth-order valence-electron chi connectivity index (χ4n) is 2.08. The van der Waals surface area contributed by atoms with Gasteiger partial charge in [0, 0.05) is 32.4 Å². The molecule has 1 heterocycles. The Labute approximate surface area is 90.8 Å². The van der Waals surface area contributed by atoms with Crippen LogP contribution in [0.15, 0.2) is 24.3 Å². The van der Waals surface area contributed by atoms with Gasteiger partial charge in [0.25, 0.3) is 0 Å². The van der Waals surface area contributed by atoms with E-state index in [-0.39, 0.29) is 0 Å². The summed E-state index contributed by atoms with van der Waals surface area (Å²) in [5.74, 6) is 0. The molecule has 1 fully saturated rings. The molecule has 1 aliphatic heterocycles. The lowest BCUT2D eigenvalue weighted by molar-refractivity contribution is 0.107. The standard InChI is InChI=1S/C12H18N2O/c1-15-12-5-6-14(9-12)8-10-3-2-4-11(13)7-10/h2-4,7,12H,5-6,8-9,13H2,1H3. The molecule has 0 saturated carbocycles. The van der Waals surface area contributed by atoms with Crippen LogP contribution in [0.5, 0.6) is 0 Å². The number of hydrogen-bond acceptors (Lipinski definition) is 3. The monoisotopic (exact) mass is 206 g/mol. The second-order valence-corrected chi connectivity index (χ2v) is 4.13. The molecule has 2 rings (SSSR count). The van der Waals surface area contributed by atoms with Gasteiger partial charge < -0.3 is 10.5 Å². The number of benzene rings is 1. The highest BCUT2D eigenvalue weighted by molar-refractivity contribution is 5.40. The van der Waals surface area contributed by atoms with E-state index in [4.69, 9.17) is 10.5 Å². The molecular formula is C12H18N2O. The van der Waals surface area contributed by atoms with Gasteiger partial charge in [-0.1, -0.05) is 12.1 Å². The van der Waals surface area contributed by atoms with Gasteiger partial charge in [-0.2, -0.15) is 0 Å². The summed E-state index contributed by atoms with van der Waals surface area (Å²) in [4.78, 5) is 2.41. The first-order valence-corrected chi connectivity index (χ1v) is 5.37. The second kappa shape index (κ2) is 4.64. The van der Waals surface area contributed by atoms with E-state index in [1.807, 2.05) is 18.2 Å². The molecule has 1 atom stereocenters. The van der Waals surface area contributed by atoms with Gasteiger partial charge in [0.2, 0.25) is 0 Å². The van der Waals surface area contributed by atoms with E-state index >= 15 is 0 Å². The number of hydrogen-bond donors (Lipinski definition) is 1. The molecule has 0 bridgehead atoms. The van der Waals surface area contributed by atoms with Gasteiger partial charge in [0.1, 0.15) is 0 Å². The summed E-state index contributed by atoms with van der Waals surface area (Å²) in [6.07, 6.45) is 1.55. The summed E-state index contributed by atoms with van der Waals surface area (Å²) in [5.41, 5.74) is 7.87. The molecule has 1 saturated heterocycles. The van der Waals surface area contributed by atoms with Crippen LogP contribution in [0.25, 0.3) is 0 Å². The number of likely N-dealkylation sites (tertiary alicyclic amines) is 1. The van der Waals surface area contributed by atoms with Crippen molar-refractivity contribution in [2.45, 2.75) is 19.1 Å². The molecule has 3 nitrogen and oxygen atoms in total. The molecule has 0 aliphatic carbocycles. The third-order valence-corrected chi connectivity index (χ3v) is 2.92. The first kappa shape index (κ1) is 10.5. The molecule has 0 amide bonds. The first-order chi connectivity index (χ1) is 7.28. The molecule has 1 aromatic rings. The van der Waals surface area contributed by atoms with Crippen LogP contribution in [0.4, 0.5) is 5.69 Å². The van der Waals surface area contributed by atoms with Crippen LogP contribution in [-0.2, 0) is 11.3 Å². The molecule has 82 valence electrons. The van der Waals surface area contributed by atoms with Crippen molar-refractivity contribution in [3.05, 3.63) is 29.8 Å². The normalized spacial score (nSPS) is 22.1. The van der Waals surface area contributed by atoms with Crippen LogP contribution >= 0.6 is 0 Å². The molecule has 2 N–H and O–H groups in total. The molecule has 1 unspecified atom stereocenters. The van der Waals surface area contributed by atoms with Gasteiger partial charge in [-0.15, -0.1) is 0 Å². The predicted molar refractivity (Wildman–Crippen MR) is 61.5 cm³/mol. The average Bonchev–Trinajstić information content (AvgIpc) is 2.65. The Morgan fingerprint density at radius 3 is 3.07 bits per heavy atom. The van der Waals surface area contributed by atoms with Crippen LogP contribution in [0.3, 0.4) is 0 Å². The average molecular weight is 206 g/mol. The number of rotatable bonds is 3. The first-order valence-electron chi connectivity index (χ1n) is 5.37. The Balaban J connectivity index is 1.92. The minimum atomic E-state index is 0.408. The SMILES string of the molecule is COC1CCN(Cc2cccc(N)c2)C1. The van der Waals surface area contributed by atoms with E-state index in [0.29, 0.717) is 6.10 Å². The van der Waals surface area contributed by atoms with Crippen LogP contribution in [0, 0.1) is 0 Å². The maximum absolute atomic E-state index is 5.74. The van der Waals surface area contributed by atoms with Crippen LogP contribution < -0.4 is 5.73 Å². The Morgan fingerprint density at radius 1 is 1.53 bits per heavy atom. The van der Waals surface area contributed by atoms with Crippen molar-refractivity contribution in [3.8, 4) is 0 Å².